The molecule has 0 fully saturated rings. The van der Waals surface area contributed by atoms with E-state index in [-0.39, 0.29) is 12.4 Å². The smallest absolute Gasteiger partial charge is 0.332 e. The molecule has 19 heavy (non-hydrogen) atoms. The molecule has 0 saturated heterocycles. The number of carboxylic acids is 2. The second-order valence-corrected chi connectivity index (χ2v) is 4.08. The van der Waals surface area contributed by atoms with Gasteiger partial charge in [-0.2, -0.15) is 0 Å². The molecule has 2 rings (SSSR count). The molecule has 1 atom stereocenters. The molecule has 0 radical (unpaired) electrons. The molecule has 0 unspecified atom stereocenters. The summed E-state index contributed by atoms with van der Waals surface area (Å²) in [7, 11) is 0. The molecule has 6 nitrogen and oxygen atoms in total. The summed E-state index contributed by atoms with van der Waals surface area (Å²) in [5.74, 6) is -2.44. The molecule has 100 valence electrons. The fraction of sp³-hybridized carbons (Fsp3) is 0.231. The van der Waals surface area contributed by atoms with E-state index >= 15 is 0 Å². The van der Waals surface area contributed by atoms with Gasteiger partial charge in [0.25, 0.3) is 0 Å². The van der Waals surface area contributed by atoms with Gasteiger partial charge < -0.3 is 19.7 Å². The Labute approximate surface area is 108 Å². The van der Waals surface area contributed by atoms with Crippen LogP contribution in [0.5, 0.6) is 11.5 Å². The Balaban J connectivity index is 2.36. The van der Waals surface area contributed by atoms with Crippen molar-refractivity contribution in [2.75, 3.05) is 6.79 Å². The summed E-state index contributed by atoms with van der Waals surface area (Å²) in [6.45, 7) is 1.45. The van der Waals surface area contributed by atoms with Crippen LogP contribution in [0.15, 0.2) is 23.8 Å². The van der Waals surface area contributed by atoms with Crippen LogP contribution in [0.25, 0.3) is 6.08 Å². The first-order chi connectivity index (χ1) is 8.99. The molecule has 2 N–H and O–H groups in total. The number of aliphatic carboxylic acids is 2. The van der Waals surface area contributed by atoms with Crippen LogP contribution in [0.1, 0.15) is 12.5 Å². The van der Waals surface area contributed by atoms with Crippen molar-refractivity contribution in [3.63, 3.8) is 0 Å². The molecule has 0 amide bonds. The second kappa shape index (κ2) is 5.01. The molecule has 1 heterocycles. The summed E-state index contributed by atoms with van der Waals surface area (Å²) in [6, 6.07) is 4.91. The van der Waals surface area contributed by atoms with Crippen molar-refractivity contribution in [3.8, 4) is 11.5 Å². The average Bonchev–Trinajstić information content (AvgIpc) is 2.81. The van der Waals surface area contributed by atoms with E-state index in [1.165, 1.54) is 13.0 Å². The average molecular weight is 264 g/mol. The number of carbonyl (C=O) groups is 2. The SMILES string of the molecule is C[C@@H](C(=O)O)/C(=C\c1ccc2c(c1)OCO2)C(=O)O. The minimum atomic E-state index is -1.26. The zero-order chi connectivity index (χ0) is 14.0. The molecule has 0 aliphatic carbocycles. The van der Waals surface area contributed by atoms with Crippen LogP contribution >= 0.6 is 0 Å². The van der Waals surface area contributed by atoms with Gasteiger partial charge in [-0.15, -0.1) is 0 Å². The lowest BCUT2D eigenvalue weighted by Gasteiger charge is -2.07. The first kappa shape index (κ1) is 12.9. The maximum atomic E-state index is 11.1. The minimum Gasteiger partial charge on any atom is -0.481 e. The Morgan fingerprint density at radius 2 is 1.95 bits per heavy atom. The van der Waals surface area contributed by atoms with Gasteiger partial charge >= 0.3 is 11.9 Å². The van der Waals surface area contributed by atoms with E-state index in [2.05, 4.69) is 0 Å². The Morgan fingerprint density at radius 1 is 1.26 bits per heavy atom. The fourth-order valence-corrected chi connectivity index (χ4v) is 1.69. The van der Waals surface area contributed by atoms with Crippen LogP contribution in [0.2, 0.25) is 0 Å². The maximum Gasteiger partial charge on any atom is 0.332 e. The molecule has 6 heteroatoms. The number of fused-ring (bicyclic) bond motifs is 1. The third-order valence-corrected chi connectivity index (χ3v) is 2.80. The van der Waals surface area contributed by atoms with Crippen molar-refractivity contribution in [3.05, 3.63) is 29.3 Å². The number of hydrogen-bond donors (Lipinski definition) is 2. The first-order valence-corrected chi connectivity index (χ1v) is 5.56. The van der Waals surface area contributed by atoms with Crippen molar-refractivity contribution < 1.29 is 29.3 Å². The summed E-state index contributed by atoms with van der Waals surface area (Å²) in [5, 5.41) is 17.9. The van der Waals surface area contributed by atoms with Crippen LogP contribution in [0.4, 0.5) is 0 Å². The van der Waals surface area contributed by atoms with Gasteiger partial charge in [-0.25, -0.2) is 4.79 Å². The second-order valence-electron chi connectivity index (χ2n) is 4.08. The number of ether oxygens (including phenoxy) is 2. The minimum absolute atomic E-state index is 0.125. The van der Waals surface area contributed by atoms with Gasteiger partial charge in [-0.1, -0.05) is 6.07 Å². The number of hydrogen-bond acceptors (Lipinski definition) is 4. The van der Waals surface area contributed by atoms with E-state index in [1.807, 2.05) is 0 Å². The van der Waals surface area contributed by atoms with Crippen molar-refractivity contribution in [2.24, 2.45) is 5.92 Å². The Morgan fingerprint density at radius 3 is 2.58 bits per heavy atom. The van der Waals surface area contributed by atoms with Gasteiger partial charge in [0, 0.05) is 0 Å². The van der Waals surface area contributed by atoms with Gasteiger partial charge in [-0.3, -0.25) is 4.79 Å². The molecule has 0 aromatic heterocycles. The Kier molecular flexibility index (Phi) is 3.41. The lowest BCUT2D eigenvalue weighted by Crippen LogP contribution is -2.18. The highest BCUT2D eigenvalue weighted by atomic mass is 16.7. The molecular weight excluding hydrogens is 252 g/mol. The molecule has 1 aliphatic rings. The number of carboxylic acid groups (broad SMARTS) is 2. The predicted molar refractivity (Wildman–Crippen MR) is 65.0 cm³/mol. The molecular formula is C13H12O6. The number of rotatable bonds is 4. The molecule has 0 spiro atoms. The summed E-state index contributed by atoms with van der Waals surface area (Å²) in [6.07, 6.45) is 1.32. The van der Waals surface area contributed by atoms with Crippen molar-refractivity contribution in [1.82, 2.24) is 0 Å². The summed E-state index contributed by atoms with van der Waals surface area (Å²) < 4.78 is 10.3. The van der Waals surface area contributed by atoms with Crippen LogP contribution in [-0.2, 0) is 9.59 Å². The van der Waals surface area contributed by atoms with Crippen LogP contribution in [-0.4, -0.2) is 28.9 Å². The van der Waals surface area contributed by atoms with Crippen molar-refractivity contribution in [2.45, 2.75) is 6.92 Å². The van der Waals surface area contributed by atoms with Gasteiger partial charge in [0.15, 0.2) is 11.5 Å². The van der Waals surface area contributed by atoms with E-state index in [1.54, 1.807) is 18.2 Å². The third kappa shape index (κ3) is 2.67. The van der Waals surface area contributed by atoms with E-state index < -0.39 is 17.9 Å². The van der Waals surface area contributed by atoms with E-state index in [4.69, 9.17) is 19.7 Å². The largest absolute Gasteiger partial charge is 0.481 e. The molecule has 0 saturated carbocycles. The van der Waals surface area contributed by atoms with Gasteiger partial charge in [0.2, 0.25) is 6.79 Å². The normalized spacial score (nSPS) is 15.1. The summed E-state index contributed by atoms with van der Waals surface area (Å²) in [4.78, 5) is 22.0. The zero-order valence-electron chi connectivity index (χ0n) is 10.1. The van der Waals surface area contributed by atoms with Crippen LogP contribution < -0.4 is 9.47 Å². The summed E-state index contributed by atoms with van der Waals surface area (Å²) >= 11 is 0. The topological polar surface area (TPSA) is 93.1 Å². The molecule has 1 aromatic carbocycles. The van der Waals surface area contributed by atoms with Gasteiger partial charge in [-0.05, 0) is 30.7 Å². The quantitative estimate of drug-likeness (QED) is 0.802. The van der Waals surface area contributed by atoms with Crippen LogP contribution in [0, 0.1) is 5.92 Å². The predicted octanol–water partition coefficient (Wildman–Crippen LogP) is 1.60. The summed E-state index contributed by atoms with van der Waals surface area (Å²) in [5.41, 5.74) is 0.362. The molecule has 1 aliphatic heterocycles. The third-order valence-electron chi connectivity index (χ3n) is 2.80. The Bertz CT molecular complexity index is 560. The maximum absolute atomic E-state index is 11.1. The van der Waals surface area contributed by atoms with Gasteiger partial charge in [0.1, 0.15) is 0 Å². The fourth-order valence-electron chi connectivity index (χ4n) is 1.69. The lowest BCUT2D eigenvalue weighted by atomic mass is 9.98. The molecule has 1 aromatic rings. The van der Waals surface area contributed by atoms with Crippen molar-refractivity contribution in [1.29, 1.82) is 0 Å². The van der Waals surface area contributed by atoms with Crippen LogP contribution in [0.3, 0.4) is 0 Å². The Hall–Kier alpha value is -2.50. The zero-order valence-corrected chi connectivity index (χ0v) is 10.1. The highest BCUT2D eigenvalue weighted by Crippen LogP contribution is 2.33. The highest BCUT2D eigenvalue weighted by Gasteiger charge is 2.23. The highest BCUT2D eigenvalue weighted by molar-refractivity contribution is 5.98. The molecule has 0 bridgehead atoms. The van der Waals surface area contributed by atoms with Gasteiger partial charge in [0.05, 0.1) is 11.5 Å². The monoisotopic (exact) mass is 264 g/mol. The first-order valence-electron chi connectivity index (χ1n) is 5.56. The van der Waals surface area contributed by atoms with Crippen molar-refractivity contribution >= 4 is 18.0 Å². The van der Waals surface area contributed by atoms with E-state index in [0.717, 1.165) is 0 Å². The lowest BCUT2D eigenvalue weighted by molar-refractivity contribution is -0.143. The standard InChI is InChI=1S/C13H12O6/c1-7(12(14)15)9(13(16)17)4-8-2-3-10-11(5-8)19-6-18-10/h2-5,7H,6H2,1H3,(H,14,15)(H,16,17)/b9-4+/t7-/m1/s1. The van der Waals surface area contributed by atoms with E-state index in [9.17, 15) is 9.59 Å². The van der Waals surface area contributed by atoms with E-state index in [0.29, 0.717) is 17.1 Å². The number of benzene rings is 1.